The molecule has 0 N–H and O–H groups in total. The number of fused-ring (bicyclic) bond motifs is 1. The SMILES string of the molecule is COc1ccc2oc(C(=O)N3CCOC(COc4cc(C)nc(C(C)C)n4)C3)cc2c1. The van der Waals surface area contributed by atoms with E-state index in [1.807, 2.05) is 32.9 Å². The lowest BCUT2D eigenvalue weighted by Gasteiger charge is -2.32. The molecular formula is C23H27N3O5. The molecule has 1 unspecified atom stereocenters. The second kappa shape index (κ2) is 8.93. The van der Waals surface area contributed by atoms with Crippen LogP contribution in [0.1, 0.15) is 41.8 Å². The summed E-state index contributed by atoms with van der Waals surface area (Å²) in [7, 11) is 1.61. The van der Waals surface area contributed by atoms with Crippen LogP contribution in [0.3, 0.4) is 0 Å². The van der Waals surface area contributed by atoms with Crippen molar-refractivity contribution in [1.82, 2.24) is 14.9 Å². The van der Waals surface area contributed by atoms with E-state index < -0.39 is 0 Å². The molecule has 3 aromatic rings. The summed E-state index contributed by atoms with van der Waals surface area (Å²) in [6, 6.07) is 9.01. The van der Waals surface area contributed by atoms with Gasteiger partial charge in [0.2, 0.25) is 5.88 Å². The number of aromatic nitrogens is 2. The zero-order valence-electron chi connectivity index (χ0n) is 18.3. The Labute approximate surface area is 181 Å². The number of morpholine rings is 1. The molecule has 0 aliphatic carbocycles. The number of nitrogens with zero attached hydrogens (tertiary/aromatic N) is 3. The van der Waals surface area contributed by atoms with E-state index in [2.05, 4.69) is 9.97 Å². The topological polar surface area (TPSA) is 86.9 Å². The van der Waals surface area contributed by atoms with Gasteiger partial charge in [0.15, 0.2) is 5.76 Å². The van der Waals surface area contributed by atoms with E-state index in [1.165, 1.54) is 0 Å². The number of benzene rings is 1. The molecule has 0 bridgehead atoms. The number of carbonyl (C=O) groups is 1. The Morgan fingerprint density at radius 3 is 2.87 bits per heavy atom. The largest absolute Gasteiger partial charge is 0.497 e. The number of hydrogen-bond donors (Lipinski definition) is 0. The first kappa shape index (κ1) is 21.1. The van der Waals surface area contributed by atoms with Gasteiger partial charge in [0.1, 0.15) is 29.9 Å². The fourth-order valence-electron chi connectivity index (χ4n) is 3.49. The predicted molar refractivity (Wildman–Crippen MR) is 115 cm³/mol. The highest BCUT2D eigenvalue weighted by Gasteiger charge is 2.28. The molecule has 8 heteroatoms. The lowest BCUT2D eigenvalue weighted by atomic mass is 10.2. The van der Waals surface area contributed by atoms with Crippen molar-refractivity contribution in [2.24, 2.45) is 0 Å². The summed E-state index contributed by atoms with van der Waals surface area (Å²) in [5.41, 5.74) is 1.51. The van der Waals surface area contributed by atoms with Gasteiger partial charge in [-0.15, -0.1) is 0 Å². The summed E-state index contributed by atoms with van der Waals surface area (Å²) in [4.78, 5) is 23.6. The Bertz CT molecular complexity index is 1080. The number of rotatable bonds is 6. The second-order valence-electron chi connectivity index (χ2n) is 7.93. The molecule has 1 saturated heterocycles. The molecule has 0 spiro atoms. The van der Waals surface area contributed by atoms with E-state index in [0.717, 1.165) is 22.7 Å². The van der Waals surface area contributed by atoms with Gasteiger partial charge in [0.25, 0.3) is 5.91 Å². The Balaban J connectivity index is 1.41. The summed E-state index contributed by atoms with van der Waals surface area (Å²) in [6.45, 7) is 7.66. The third-order valence-corrected chi connectivity index (χ3v) is 5.14. The van der Waals surface area contributed by atoms with Gasteiger partial charge in [0, 0.05) is 29.6 Å². The molecule has 1 atom stereocenters. The number of ether oxygens (including phenoxy) is 3. The monoisotopic (exact) mass is 425 g/mol. The average Bonchev–Trinajstić information content (AvgIpc) is 3.20. The highest BCUT2D eigenvalue weighted by Crippen LogP contribution is 2.25. The fourth-order valence-corrected chi connectivity index (χ4v) is 3.49. The van der Waals surface area contributed by atoms with Gasteiger partial charge in [0.05, 0.1) is 20.3 Å². The number of hydrogen-bond acceptors (Lipinski definition) is 7. The minimum atomic E-state index is -0.250. The third-order valence-electron chi connectivity index (χ3n) is 5.14. The van der Waals surface area contributed by atoms with Crippen molar-refractivity contribution < 1.29 is 23.4 Å². The molecule has 164 valence electrons. The Hall–Kier alpha value is -3.13. The van der Waals surface area contributed by atoms with E-state index >= 15 is 0 Å². The average molecular weight is 425 g/mol. The van der Waals surface area contributed by atoms with Crippen molar-refractivity contribution in [3.8, 4) is 11.6 Å². The second-order valence-corrected chi connectivity index (χ2v) is 7.93. The molecule has 2 aromatic heterocycles. The molecule has 1 fully saturated rings. The maximum absolute atomic E-state index is 13.0. The standard InChI is InChI=1S/C23H27N3O5/c1-14(2)22-24-15(3)9-21(25-22)30-13-18-12-26(7-8-29-18)23(27)20-11-16-10-17(28-4)5-6-19(16)31-20/h5-6,9-11,14,18H,7-8,12-13H2,1-4H3. The zero-order chi connectivity index (χ0) is 22.0. The van der Waals surface area contributed by atoms with Gasteiger partial charge in [-0.3, -0.25) is 4.79 Å². The minimum absolute atomic E-state index is 0.163. The number of aryl methyl sites for hydroxylation is 1. The van der Waals surface area contributed by atoms with Crippen LogP contribution in [0.25, 0.3) is 11.0 Å². The summed E-state index contributed by atoms with van der Waals surface area (Å²) < 4.78 is 22.7. The Morgan fingerprint density at radius 2 is 2.10 bits per heavy atom. The molecule has 3 heterocycles. The first-order valence-electron chi connectivity index (χ1n) is 10.4. The summed E-state index contributed by atoms with van der Waals surface area (Å²) in [5, 5.41) is 0.830. The first-order chi connectivity index (χ1) is 14.9. The molecule has 1 aliphatic rings. The summed E-state index contributed by atoms with van der Waals surface area (Å²) in [6.07, 6.45) is -0.250. The van der Waals surface area contributed by atoms with Crippen molar-refractivity contribution in [1.29, 1.82) is 0 Å². The summed E-state index contributed by atoms with van der Waals surface area (Å²) in [5.74, 6) is 2.34. The quantitative estimate of drug-likeness (QED) is 0.596. The Morgan fingerprint density at radius 1 is 1.26 bits per heavy atom. The zero-order valence-corrected chi connectivity index (χ0v) is 18.3. The molecule has 1 amide bonds. The number of carbonyl (C=O) groups excluding carboxylic acids is 1. The Kier molecular flexibility index (Phi) is 6.08. The van der Waals surface area contributed by atoms with Crippen LogP contribution < -0.4 is 9.47 Å². The van der Waals surface area contributed by atoms with Crippen LogP contribution in [0.2, 0.25) is 0 Å². The molecule has 0 saturated carbocycles. The molecular weight excluding hydrogens is 398 g/mol. The van der Waals surface area contributed by atoms with Crippen molar-refractivity contribution in [2.45, 2.75) is 32.8 Å². The number of amides is 1. The van der Waals surface area contributed by atoms with Crippen LogP contribution in [-0.2, 0) is 4.74 Å². The lowest BCUT2D eigenvalue weighted by Crippen LogP contribution is -2.47. The number of furan rings is 1. The first-order valence-corrected chi connectivity index (χ1v) is 10.4. The van der Waals surface area contributed by atoms with E-state index in [9.17, 15) is 4.79 Å². The van der Waals surface area contributed by atoms with Crippen molar-refractivity contribution >= 4 is 16.9 Å². The van der Waals surface area contributed by atoms with Crippen molar-refractivity contribution in [3.63, 3.8) is 0 Å². The van der Waals surface area contributed by atoms with Crippen LogP contribution >= 0.6 is 0 Å². The van der Waals surface area contributed by atoms with Crippen LogP contribution in [0.4, 0.5) is 0 Å². The van der Waals surface area contributed by atoms with Crippen LogP contribution in [-0.4, -0.2) is 60.3 Å². The maximum atomic E-state index is 13.0. The molecule has 1 aromatic carbocycles. The van der Waals surface area contributed by atoms with Gasteiger partial charge >= 0.3 is 0 Å². The van der Waals surface area contributed by atoms with Crippen molar-refractivity contribution in [3.05, 3.63) is 47.6 Å². The molecule has 1 aliphatic heterocycles. The molecule has 31 heavy (non-hydrogen) atoms. The predicted octanol–water partition coefficient (Wildman–Crippen LogP) is 3.58. The smallest absolute Gasteiger partial charge is 0.289 e. The fraction of sp³-hybridized carbons (Fsp3) is 0.435. The van der Waals surface area contributed by atoms with Gasteiger partial charge in [-0.2, -0.15) is 4.98 Å². The number of methoxy groups -OCH3 is 1. The minimum Gasteiger partial charge on any atom is -0.497 e. The molecule has 0 radical (unpaired) electrons. The lowest BCUT2D eigenvalue weighted by molar-refractivity contribution is -0.0414. The van der Waals surface area contributed by atoms with Crippen LogP contribution in [0.15, 0.2) is 34.7 Å². The van der Waals surface area contributed by atoms with Gasteiger partial charge in [-0.05, 0) is 31.2 Å². The summed E-state index contributed by atoms with van der Waals surface area (Å²) >= 11 is 0. The van der Waals surface area contributed by atoms with Gasteiger partial charge in [-0.1, -0.05) is 13.8 Å². The van der Waals surface area contributed by atoms with Crippen LogP contribution in [0.5, 0.6) is 11.6 Å². The molecule has 4 rings (SSSR count). The van der Waals surface area contributed by atoms with Gasteiger partial charge < -0.3 is 23.5 Å². The van der Waals surface area contributed by atoms with Gasteiger partial charge in [-0.25, -0.2) is 4.98 Å². The van der Waals surface area contributed by atoms with E-state index in [1.54, 1.807) is 30.2 Å². The van der Waals surface area contributed by atoms with Crippen molar-refractivity contribution in [2.75, 3.05) is 33.4 Å². The van der Waals surface area contributed by atoms with E-state index in [-0.39, 0.29) is 17.9 Å². The third kappa shape index (κ3) is 4.80. The highest BCUT2D eigenvalue weighted by molar-refractivity contribution is 5.96. The van der Waals surface area contributed by atoms with E-state index in [0.29, 0.717) is 43.5 Å². The molecule has 8 nitrogen and oxygen atoms in total. The highest BCUT2D eigenvalue weighted by atomic mass is 16.5. The maximum Gasteiger partial charge on any atom is 0.289 e. The van der Waals surface area contributed by atoms with E-state index in [4.69, 9.17) is 18.6 Å². The van der Waals surface area contributed by atoms with Crippen LogP contribution in [0, 0.1) is 6.92 Å². The normalized spacial score (nSPS) is 16.7.